The minimum Gasteiger partial charge on any atom is -0.391 e. The number of aliphatic hydroxyl groups excluding tert-OH is 1. The van der Waals surface area contributed by atoms with Crippen LogP contribution in [0, 0.1) is 11.8 Å². The average molecular weight is 259 g/mol. The Morgan fingerprint density at radius 3 is 2.88 bits per heavy atom. The number of likely N-dealkylation sites (tertiary alicyclic amines) is 1. The smallest absolute Gasteiger partial charge is 0.104 e. The number of ether oxygens (including phenoxy) is 1. The van der Waals surface area contributed by atoms with E-state index in [9.17, 15) is 5.11 Å². The number of β-amino-alcohol motifs (C(OH)–C–C–N with tert-alkyl or cyclic N) is 1. The van der Waals surface area contributed by atoms with Crippen molar-refractivity contribution in [3.63, 3.8) is 0 Å². The van der Waals surface area contributed by atoms with Gasteiger partial charge in [0, 0.05) is 18.8 Å². The van der Waals surface area contributed by atoms with Crippen LogP contribution in [0.15, 0.2) is 0 Å². The summed E-state index contributed by atoms with van der Waals surface area (Å²) in [5.41, 5.74) is 0.398. The molecule has 2 aliphatic rings. The van der Waals surface area contributed by atoms with Crippen molar-refractivity contribution in [1.29, 1.82) is 0 Å². The second-order valence-corrected chi connectivity index (χ2v) is 6.79. The summed E-state index contributed by atoms with van der Waals surface area (Å²) < 4.78 is 5.60. The molecule has 0 aromatic rings. The highest BCUT2D eigenvalue weighted by molar-refractivity contribution is 7.99. The molecular formula is C13H25NO2S. The Bertz CT molecular complexity index is 231. The molecule has 3 atom stereocenters. The van der Waals surface area contributed by atoms with Crippen molar-refractivity contribution in [3.05, 3.63) is 0 Å². The fourth-order valence-electron chi connectivity index (χ4n) is 2.86. The van der Waals surface area contributed by atoms with Gasteiger partial charge in [-0.25, -0.2) is 0 Å². The van der Waals surface area contributed by atoms with E-state index in [1.54, 1.807) is 0 Å². The lowest BCUT2D eigenvalue weighted by atomic mass is 9.84. The van der Waals surface area contributed by atoms with Crippen molar-refractivity contribution >= 4 is 11.8 Å². The topological polar surface area (TPSA) is 32.7 Å². The Morgan fingerprint density at radius 2 is 2.29 bits per heavy atom. The van der Waals surface area contributed by atoms with Crippen LogP contribution in [0.1, 0.15) is 26.7 Å². The predicted molar refractivity (Wildman–Crippen MR) is 72.2 cm³/mol. The Labute approximate surface area is 109 Å². The van der Waals surface area contributed by atoms with Crippen molar-refractivity contribution in [1.82, 2.24) is 4.90 Å². The minimum absolute atomic E-state index is 0.138. The number of piperidine rings is 1. The zero-order valence-electron chi connectivity index (χ0n) is 11.0. The van der Waals surface area contributed by atoms with E-state index in [-0.39, 0.29) is 6.10 Å². The number of thioether (sulfide) groups is 1. The normalized spacial score (nSPS) is 35.6. The van der Waals surface area contributed by atoms with Crippen molar-refractivity contribution < 1.29 is 9.84 Å². The average Bonchev–Trinajstić information content (AvgIpc) is 2.78. The van der Waals surface area contributed by atoms with Crippen molar-refractivity contribution in [2.45, 2.75) is 38.2 Å². The summed E-state index contributed by atoms with van der Waals surface area (Å²) in [6, 6.07) is 0. The Hall–Kier alpha value is 0.230. The first kappa shape index (κ1) is 13.7. The third-order valence-corrected chi connectivity index (χ3v) is 5.09. The molecule has 1 unspecified atom stereocenters. The molecule has 4 heteroatoms. The largest absolute Gasteiger partial charge is 0.391 e. The Morgan fingerprint density at radius 1 is 1.47 bits per heavy atom. The van der Waals surface area contributed by atoms with E-state index in [1.165, 1.54) is 0 Å². The van der Waals surface area contributed by atoms with E-state index < -0.39 is 0 Å². The Balaban J connectivity index is 1.69. The highest BCUT2D eigenvalue weighted by Gasteiger charge is 2.30. The fourth-order valence-corrected chi connectivity index (χ4v) is 3.78. The van der Waals surface area contributed by atoms with E-state index >= 15 is 0 Å². The van der Waals surface area contributed by atoms with Crippen LogP contribution < -0.4 is 0 Å². The molecule has 3 nitrogen and oxygen atoms in total. The van der Waals surface area contributed by atoms with Crippen LogP contribution in [0.25, 0.3) is 0 Å². The second-order valence-electron chi connectivity index (χ2n) is 5.52. The molecule has 0 spiro atoms. The molecule has 0 bridgehead atoms. The molecule has 0 aliphatic carbocycles. The van der Waals surface area contributed by atoms with Gasteiger partial charge in [0.15, 0.2) is 0 Å². The maximum Gasteiger partial charge on any atom is 0.104 e. The molecule has 2 saturated heterocycles. The summed E-state index contributed by atoms with van der Waals surface area (Å²) in [7, 11) is 0. The molecule has 0 saturated carbocycles. The molecule has 0 aromatic carbocycles. The van der Waals surface area contributed by atoms with E-state index in [0.717, 1.165) is 44.8 Å². The summed E-state index contributed by atoms with van der Waals surface area (Å²) in [5, 5.41) is 10.1. The van der Waals surface area contributed by atoms with Crippen LogP contribution >= 0.6 is 11.8 Å². The van der Waals surface area contributed by atoms with Gasteiger partial charge in [0.05, 0.1) is 12.7 Å². The molecular weight excluding hydrogens is 234 g/mol. The highest BCUT2D eigenvalue weighted by Crippen LogP contribution is 2.27. The molecule has 2 aliphatic heterocycles. The van der Waals surface area contributed by atoms with Crippen LogP contribution in [0.2, 0.25) is 0 Å². The summed E-state index contributed by atoms with van der Waals surface area (Å²) >= 11 is 1.93. The van der Waals surface area contributed by atoms with Crippen LogP contribution in [-0.4, -0.2) is 53.5 Å². The van der Waals surface area contributed by atoms with Gasteiger partial charge in [-0.1, -0.05) is 13.8 Å². The first-order valence-electron chi connectivity index (χ1n) is 6.80. The summed E-state index contributed by atoms with van der Waals surface area (Å²) in [6.45, 7) is 8.39. The van der Waals surface area contributed by atoms with E-state index in [2.05, 4.69) is 18.7 Å². The van der Waals surface area contributed by atoms with Crippen molar-refractivity contribution in [2.75, 3.05) is 32.0 Å². The number of rotatable bonds is 4. The third kappa shape index (κ3) is 3.85. The maximum absolute atomic E-state index is 10.1. The van der Waals surface area contributed by atoms with Gasteiger partial charge in [-0.3, -0.25) is 0 Å². The van der Waals surface area contributed by atoms with Gasteiger partial charge in [0.25, 0.3) is 0 Å². The van der Waals surface area contributed by atoms with Gasteiger partial charge >= 0.3 is 0 Å². The van der Waals surface area contributed by atoms with Gasteiger partial charge in [0.2, 0.25) is 0 Å². The van der Waals surface area contributed by atoms with Crippen LogP contribution in [-0.2, 0) is 4.74 Å². The molecule has 2 heterocycles. The maximum atomic E-state index is 10.1. The highest BCUT2D eigenvalue weighted by atomic mass is 32.2. The molecule has 0 aromatic heterocycles. The van der Waals surface area contributed by atoms with Crippen LogP contribution in [0.3, 0.4) is 0 Å². The SMILES string of the molecule is CC(C)[C@@H]1CCN(CCC2OCCS2)C[C@H]1O. The zero-order chi connectivity index (χ0) is 12.3. The molecule has 17 heavy (non-hydrogen) atoms. The lowest BCUT2D eigenvalue weighted by Gasteiger charge is -2.38. The monoisotopic (exact) mass is 259 g/mol. The molecule has 1 N–H and O–H groups in total. The second kappa shape index (κ2) is 6.41. The van der Waals surface area contributed by atoms with Crippen molar-refractivity contribution in [2.24, 2.45) is 11.8 Å². The summed E-state index contributed by atoms with van der Waals surface area (Å²) in [5.74, 6) is 2.23. The van der Waals surface area contributed by atoms with Crippen LogP contribution in [0.5, 0.6) is 0 Å². The number of hydrogen-bond donors (Lipinski definition) is 1. The number of nitrogens with zero attached hydrogens (tertiary/aromatic N) is 1. The van der Waals surface area contributed by atoms with Crippen molar-refractivity contribution in [3.8, 4) is 0 Å². The molecule has 100 valence electrons. The van der Waals surface area contributed by atoms with Gasteiger partial charge in [0.1, 0.15) is 5.44 Å². The molecule has 0 amide bonds. The van der Waals surface area contributed by atoms with E-state index in [0.29, 0.717) is 17.3 Å². The number of aliphatic hydroxyl groups is 1. The molecule has 2 rings (SSSR count). The quantitative estimate of drug-likeness (QED) is 0.834. The summed E-state index contributed by atoms with van der Waals surface area (Å²) in [4.78, 5) is 2.39. The molecule has 0 radical (unpaired) electrons. The van der Waals surface area contributed by atoms with Gasteiger partial charge < -0.3 is 14.7 Å². The summed E-state index contributed by atoms with van der Waals surface area (Å²) in [6.07, 6.45) is 2.10. The van der Waals surface area contributed by atoms with Gasteiger partial charge in [-0.2, -0.15) is 0 Å². The minimum atomic E-state index is -0.138. The number of hydrogen-bond acceptors (Lipinski definition) is 4. The first-order chi connectivity index (χ1) is 8.16. The standard InChI is InChI=1S/C13H25NO2S/c1-10(2)11-3-5-14(9-12(11)15)6-4-13-16-7-8-17-13/h10-13,15H,3-9H2,1-2H3/t11-,12+,13?/m0/s1. The van der Waals surface area contributed by atoms with E-state index in [4.69, 9.17) is 4.74 Å². The predicted octanol–water partition coefficient (Wildman–Crippen LogP) is 1.80. The van der Waals surface area contributed by atoms with E-state index in [1.807, 2.05) is 11.8 Å². The van der Waals surface area contributed by atoms with Gasteiger partial charge in [-0.15, -0.1) is 11.8 Å². The lowest BCUT2D eigenvalue weighted by molar-refractivity contribution is -0.000516. The Kier molecular flexibility index (Phi) is 5.15. The molecule has 2 fully saturated rings. The first-order valence-corrected chi connectivity index (χ1v) is 7.85. The zero-order valence-corrected chi connectivity index (χ0v) is 11.8. The fraction of sp³-hybridized carbons (Fsp3) is 1.00. The van der Waals surface area contributed by atoms with Gasteiger partial charge in [-0.05, 0) is 31.2 Å². The lowest BCUT2D eigenvalue weighted by Crippen LogP contribution is -2.46. The van der Waals surface area contributed by atoms with Crippen LogP contribution in [0.4, 0.5) is 0 Å². The third-order valence-electron chi connectivity index (χ3n) is 3.95.